The second-order valence-corrected chi connectivity index (χ2v) is 7.29. The van der Waals surface area contributed by atoms with E-state index in [2.05, 4.69) is 0 Å². The summed E-state index contributed by atoms with van der Waals surface area (Å²) in [5.74, 6) is -0.0347. The van der Waals surface area contributed by atoms with Gasteiger partial charge in [-0.2, -0.15) is 0 Å². The van der Waals surface area contributed by atoms with Gasteiger partial charge in [-0.15, -0.1) is 0 Å². The highest BCUT2D eigenvalue weighted by molar-refractivity contribution is 6.00. The average molecular weight is 400 g/mol. The lowest BCUT2D eigenvalue weighted by molar-refractivity contribution is 0.0696. The summed E-state index contributed by atoms with van der Waals surface area (Å²) in [7, 11) is 0. The van der Waals surface area contributed by atoms with E-state index in [1.165, 1.54) is 6.07 Å². The topological polar surface area (TPSA) is 93.1 Å². The molecule has 0 saturated heterocycles. The fourth-order valence-electron chi connectivity index (χ4n) is 2.86. The molecule has 6 heteroatoms. The number of aryl methyl sites for hydroxylation is 1. The van der Waals surface area contributed by atoms with Crippen LogP contribution in [-0.4, -0.2) is 35.2 Å². The van der Waals surface area contributed by atoms with Crippen molar-refractivity contribution in [2.75, 3.05) is 13.2 Å². The van der Waals surface area contributed by atoms with E-state index in [1.807, 2.05) is 6.92 Å². The number of hydrogen-bond donors (Lipinski definition) is 2. The molecular weight excluding hydrogens is 372 g/mol. The van der Waals surface area contributed by atoms with Gasteiger partial charge in [-0.1, -0.05) is 13.8 Å². The van der Waals surface area contributed by atoms with E-state index in [4.69, 9.17) is 14.6 Å². The Morgan fingerprint density at radius 3 is 2.10 bits per heavy atom. The van der Waals surface area contributed by atoms with Crippen LogP contribution in [0.5, 0.6) is 17.2 Å². The Morgan fingerprint density at radius 2 is 1.55 bits per heavy atom. The molecule has 0 saturated carbocycles. The smallest absolute Gasteiger partial charge is 0.335 e. The first-order valence-corrected chi connectivity index (χ1v) is 9.68. The summed E-state index contributed by atoms with van der Waals surface area (Å²) < 4.78 is 11.4. The molecule has 0 aromatic heterocycles. The number of aromatic hydroxyl groups is 1. The number of unbranched alkanes of at least 4 members (excludes halogenated alkanes) is 1. The van der Waals surface area contributed by atoms with Gasteiger partial charge in [-0.05, 0) is 62.6 Å². The maximum atomic E-state index is 12.1. The Kier molecular flexibility index (Phi) is 7.65. The van der Waals surface area contributed by atoms with Gasteiger partial charge in [-0.3, -0.25) is 4.79 Å². The molecule has 0 aliphatic heterocycles. The Labute approximate surface area is 171 Å². The minimum atomic E-state index is -0.959. The van der Waals surface area contributed by atoms with E-state index in [9.17, 15) is 14.7 Å². The molecule has 0 unspecified atom stereocenters. The van der Waals surface area contributed by atoms with E-state index in [-0.39, 0.29) is 23.0 Å². The van der Waals surface area contributed by atoms with E-state index in [0.717, 1.165) is 18.4 Å². The van der Waals surface area contributed by atoms with Gasteiger partial charge in [0.05, 0.1) is 24.3 Å². The molecule has 0 bridgehead atoms. The number of carbonyl (C=O) groups is 2. The van der Waals surface area contributed by atoms with Crippen LogP contribution < -0.4 is 9.47 Å². The van der Waals surface area contributed by atoms with Crippen LogP contribution in [0, 0.1) is 19.8 Å². The fourth-order valence-corrected chi connectivity index (χ4v) is 2.86. The number of hydrogen-bond acceptors (Lipinski definition) is 5. The van der Waals surface area contributed by atoms with Gasteiger partial charge in [0.2, 0.25) is 0 Å². The number of carboxylic acid groups (broad SMARTS) is 1. The third-order valence-corrected chi connectivity index (χ3v) is 4.65. The zero-order valence-corrected chi connectivity index (χ0v) is 17.3. The standard InChI is InChI=1S/C23H28O6/c1-14(2)21(24)18-8-10-20(16(4)22(18)25)29-12-6-5-11-28-19-9-7-17(23(26)27)13-15(19)3/h7-10,13-14,25H,5-6,11-12H2,1-4H3,(H,26,27). The molecule has 0 aliphatic carbocycles. The van der Waals surface area contributed by atoms with Crippen LogP contribution in [0.3, 0.4) is 0 Å². The quantitative estimate of drug-likeness (QED) is 0.440. The molecule has 0 aliphatic rings. The van der Waals surface area contributed by atoms with Crippen molar-refractivity contribution in [2.24, 2.45) is 5.92 Å². The van der Waals surface area contributed by atoms with Crippen molar-refractivity contribution in [3.63, 3.8) is 0 Å². The number of carboxylic acids is 1. The molecule has 2 N–H and O–H groups in total. The van der Waals surface area contributed by atoms with Crippen LogP contribution >= 0.6 is 0 Å². The van der Waals surface area contributed by atoms with Gasteiger partial charge in [0.25, 0.3) is 0 Å². The molecule has 0 spiro atoms. The molecule has 0 atom stereocenters. The molecule has 0 fully saturated rings. The fraction of sp³-hybridized carbons (Fsp3) is 0.391. The highest BCUT2D eigenvalue weighted by Crippen LogP contribution is 2.32. The Bertz CT molecular complexity index is 885. The van der Waals surface area contributed by atoms with E-state index >= 15 is 0 Å². The third-order valence-electron chi connectivity index (χ3n) is 4.65. The molecule has 0 heterocycles. The number of Topliss-reactive ketones (excluding diaryl/α,β-unsaturated/α-hetero) is 1. The number of phenolic OH excluding ortho intramolecular Hbond substituents is 1. The molecular formula is C23H28O6. The van der Waals surface area contributed by atoms with Crippen molar-refractivity contribution in [3.05, 3.63) is 52.6 Å². The molecule has 2 aromatic carbocycles. The van der Waals surface area contributed by atoms with Gasteiger partial charge < -0.3 is 19.7 Å². The number of aromatic carboxylic acids is 1. The Balaban J connectivity index is 1.80. The lowest BCUT2D eigenvalue weighted by Crippen LogP contribution is -2.09. The second-order valence-electron chi connectivity index (χ2n) is 7.29. The van der Waals surface area contributed by atoms with E-state index in [1.54, 1.807) is 45.0 Å². The van der Waals surface area contributed by atoms with Gasteiger partial charge >= 0.3 is 5.97 Å². The van der Waals surface area contributed by atoms with Gasteiger partial charge in [0.15, 0.2) is 5.78 Å². The van der Waals surface area contributed by atoms with Gasteiger partial charge in [0, 0.05) is 11.5 Å². The Hall–Kier alpha value is -3.02. The lowest BCUT2D eigenvalue weighted by Gasteiger charge is -2.14. The number of ether oxygens (including phenoxy) is 2. The zero-order valence-electron chi connectivity index (χ0n) is 17.3. The molecule has 29 heavy (non-hydrogen) atoms. The summed E-state index contributed by atoms with van der Waals surface area (Å²) in [4.78, 5) is 23.1. The highest BCUT2D eigenvalue weighted by atomic mass is 16.5. The summed E-state index contributed by atoms with van der Waals surface area (Å²) in [6, 6.07) is 8.10. The molecule has 2 rings (SSSR count). The minimum Gasteiger partial charge on any atom is -0.507 e. The third kappa shape index (κ3) is 5.73. The molecule has 0 amide bonds. The van der Waals surface area contributed by atoms with Crippen LogP contribution in [0.4, 0.5) is 0 Å². The summed E-state index contributed by atoms with van der Waals surface area (Å²) in [5.41, 5.74) is 1.90. The number of ketones is 1. The van der Waals surface area contributed by atoms with Gasteiger partial charge in [-0.25, -0.2) is 4.79 Å². The summed E-state index contributed by atoms with van der Waals surface area (Å²) in [5, 5.41) is 19.3. The zero-order chi connectivity index (χ0) is 21.6. The molecule has 0 radical (unpaired) electrons. The Morgan fingerprint density at radius 1 is 0.966 bits per heavy atom. The second kappa shape index (κ2) is 9.96. The van der Waals surface area contributed by atoms with E-state index < -0.39 is 5.97 Å². The number of phenols is 1. The first-order valence-electron chi connectivity index (χ1n) is 9.68. The SMILES string of the molecule is Cc1cc(C(=O)O)ccc1OCCCCOc1ccc(C(=O)C(C)C)c(O)c1C. The predicted molar refractivity (Wildman–Crippen MR) is 110 cm³/mol. The van der Waals surface area contributed by atoms with Crippen molar-refractivity contribution in [1.29, 1.82) is 0 Å². The predicted octanol–water partition coefficient (Wildman–Crippen LogP) is 4.78. The first kappa shape index (κ1) is 22.3. The lowest BCUT2D eigenvalue weighted by atomic mass is 9.98. The van der Waals surface area contributed by atoms with Crippen LogP contribution in [0.25, 0.3) is 0 Å². The monoisotopic (exact) mass is 400 g/mol. The van der Waals surface area contributed by atoms with Crippen molar-refractivity contribution in [2.45, 2.75) is 40.5 Å². The van der Waals surface area contributed by atoms with Crippen molar-refractivity contribution in [3.8, 4) is 17.2 Å². The van der Waals surface area contributed by atoms with E-state index in [0.29, 0.717) is 35.8 Å². The number of carbonyl (C=O) groups excluding carboxylic acids is 1. The summed E-state index contributed by atoms with van der Waals surface area (Å²) in [6.45, 7) is 8.08. The highest BCUT2D eigenvalue weighted by Gasteiger charge is 2.18. The maximum Gasteiger partial charge on any atom is 0.335 e. The molecule has 6 nitrogen and oxygen atoms in total. The molecule has 156 valence electrons. The largest absolute Gasteiger partial charge is 0.507 e. The van der Waals surface area contributed by atoms with Crippen LogP contribution in [0.1, 0.15) is 58.5 Å². The molecule has 2 aromatic rings. The maximum absolute atomic E-state index is 12.1. The van der Waals surface area contributed by atoms with Crippen molar-refractivity contribution in [1.82, 2.24) is 0 Å². The first-order chi connectivity index (χ1) is 13.7. The number of benzene rings is 2. The minimum absolute atomic E-state index is 0.0233. The average Bonchev–Trinajstić information content (AvgIpc) is 2.68. The van der Waals surface area contributed by atoms with Gasteiger partial charge in [0.1, 0.15) is 17.2 Å². The van der Waals surface area contributed by atoms with Crippen LogP contribution in [-0.2, 0) is 0 Å². The number of rotatable bonds is 10. The summed E-state index contributed by atoms with van der Waals surface area (Å²) >= 11 is 0. The van der Waals surface area contributed by atoms with Crippen LogP contribution in [0.15, 0.2) is 30.3 Å². The van der Waals surface area contributed by atoms with Crippen LogP contribution in [0.2, 0.25) is 0 Å². The van der Waals surface area contributed by atoms with Crippen molar-refractivity contribution >= 4 is 11.8 Å². The summed E-state index contributed by atoms with van der Waals surface area (Å²) in [6.07, 6.45) is 1.51. The van der Waals surface area contributed by atoms with Crippen molar-refractivity contribution < 1.29 is 29.3 Å². The normalized spacial score (nSPS) is 10.8.